The molecule has 2 heterocycles. The molecule has 3 aromatic rings. The second-order valence-electron chi connectivity index (χ2n) is 8.35. The summed E-state index contributed by atoms with van der Waals surface area (Å²) in [6, 6.07) is 25.5. The zero-order chi connectivity index (χ0) is 24.3. The smallest absolute Gasteiger partial charge is 0.275 e. The Balaban J connectivity index is 1.66. The largest absolute Gasteiger partial charge is 0.486 e. The standard InChI is InChI=1S/C27H26N2O5S/c30-27(28-15-17-33-18-16-28)25-26(34-20-22-11-5-2-6-12-22)23-13-7-8-14-24(23)35(31,32)29(25)19-21-9-3-1-4-10-21/h1-14H,15-20H2. The lowest BCUT2D eigenvalue weighted by atomic mass is 10.1. The average Bonchev–Trinajstić information content (AvgIpc) is 2.91. The Morgan fingerprint density at radius 3 is 2.11 bits per heavy atom. The molecule has 3 aromatic carbocycles. The Bertz CT molecular complexity index is 1330. The molecule has 0 unspecified atom stereocenters. The summed E-state index contributed by atoms with van der Waals surface area (Å²) >= 11 is 0. The summed E-state index contributed by atoms with van der Waals surface area (Å²) in [5, 5.41) is 0. The third-order valence-electron chi connectivity index (χ3n) is 6.06. The Kier molecular flexibility index (Phi) is 6.57. The lowest BCUT2D eigenvalue weighted by Gasteiger charge is -2.36. The maximum atomic E-state index is 13.9. The highest BCUT2D eigenvalue weighted by Crippen LogP contribution is 2.39. The van der Waals surface area contributed by atoms with Crippen LogP contribution >= 0.6 is 0 Å². The molecular weight excluding hydrogens is 464 g/mol. The molecule has 1 amide bonds. The van der Waals surface area contributed by atoms with Gasteiger partial charge in [-0.1, -0.05) is 72.8 Å². The molecule has 0 spiro atoms. The zero-order valence-electron chi connectivity index (χ0n) is 19.2. The molecule has 2 aliphatic rings. The van der Waals surface area contributed by atoms with Gasteiger partial charge in [-0.3, -0.25) is 9.10 Å². The quantitative estimate of drug-likeness (QED) is 0.528. The number of nitrogens with zero attached hydrogens (tertiary/aromatic N) is 2. The van der Waals surface area contributed by atoms with Crippen LogP contribution in [0.1, 0.15) is 16.7 Å². The minimum absolute atomic E-state index is 0.0150. The van der Waals surface area contributed by atoms with Gasteiger partial charge in [0.05, 0.1) is 24.7 Å². The fraction of sp³-hybridized carbons (Fsp3) is 0.222. The zero-order valence-corrected chi connectivity index (χ0v) is 20.0. The number of benzene rings is 3. The number of carbonyl (C=O) groups excluding carboxylic acids is 1. The Labute approximate surface area is 205 Å². The molecule has 0 radical (unpaired) electrons. The van der Waals surface area contributed by atoms with Crippen molar-refractivity contribution in [3.8, 4) is 0 Å². The molecule has 0 bridgehead atoms. The van der Waals surface area contributed by atoms with Gasteiger partial charge in [0.1, 0.15) is 6.61 Å². The van der Waals surface area contributed by atoms with Crippen LogP contribution in [0, 0.1) is 0 Å². The first-order chi connectivity index (χ1) is 17.1. The fourth-order valence-electron chi connectivity index (χ4n) is 4.27. The van der Waals surface area contributed by atoms with Crippen LogP contribution in [-0.4, -0.2) is 49.8 Å². The van der Waals surface area contributed by atoms with Gasteiger partial charge >= 0.3 is 0 Å². The van der Waals surface area contributed by atoms with E-state index in [0.29, 0.717) is 31.9 Å². The highest BCUT2D eigenvalue weighted by Gasteiger charge is 2.42. The van der Waals surface area contributed by atoms with Crippen molar-refractivity contribution in [2.45, 2.75) is 18.0 Å². The third kappa shape index (κ3) is 4.67. The molecule has 180 valence electrons. The van der Waals surface area contributed by atoms with Gasteiger partial charge in [-0.05, 0) is 23.3 Å². The topological polar surface area (TPSA) is 76.2 Å². The maximum absolute atomic E-state index is 13.9. The van der Waals surface area contributed by atoms with Crippen molar-refractivity contribution in [3.05, 3.63) is 107 Å². The second-order valence-corrected chi connectivity index (χ2v) is 10.2. The van der Waals surface area contributed by atoms with E-state index in [2.05, 4.69) is 0 Å². The summed E-state index contributed by atoms with van der Waals surface area (Å²) in [7, 11) is -4.01. The maximum Gasteiger partial charge on any atom is 0.275 e. The SMILES string of the molecule is O=C(C1=C(OCc2ccccc2)c2ccccc2S(=O)(=O)N1Cc1ccccc1)N1CCOCC1. The van der Waals surface area contributed by atoms with Crippen molar-refractivity contribution in [2.24, 2.45) is 0 Å². The van der Waals surface area contributed by atoms with Crippen molar-refractivity contribution >= 4 is 21.7 Å². The van der Waals surface area contributed by atoms with Crippen LogP contribution in [0.15, 0.2) is 95.5 Å². The first-order valence-electron chi connectivity index (χ1n) is 11.5. The van der Waals surface area contributed by atoms with E-state index < -0.39 is 10.0 Å². The lowest BCUT2D eigenvalue weighted by Crippen LogP contribution is -2.47. The van der Waals surface area contributed by atoms with Gasteiger partial charge in [0, 0.05) is 18.7 Å². The van der Waals surface area contributed by atoms with E-state index in [-0.39, 0.29) is 35.4 Å². The van der Waals surface area contributed by atoms with Gasteiger partial charge < -0.3 is 14.4 Å². The van der Waals surface area contributed by atoms with Crippen molar-refractivity contribution in [3.63, 3.8) is 0 Å². The highest BCUT2D eigenvalue weighted by molar-refractivity contribution is 7.89. The minimum Gasteiger partial charge on any atom is -0.486 e. The van der Waals surface area contributed by atoms with E-state index in [9.17, 15) is 13.2 Å². The van der Waals surface area contributed by atoms with Gasteiger partial charge in [-0.15, -0.1) is 0 Å². The molecule has 5 rings (SSSR count). The third-order valence-corrected chi connectivity index (χ3v) is 7.86. The molecule has 7 nitrogen and oxygen atoms in total. The van der Waals surface area contributed by atoms with Crippen LogP contribution < -0.4 is 0 Å². The van der Waals surface area contributed by atoms with Crippen LogP contribution in [0.3, 0.4) is 0 Å². The van der Waals surface area contributed by atoms with E-state index in [4.69, 9.17) is 9.47 Å². The van der Waals surface area contributed by atoms with Crippen molar-refractivity contribution < 1.29 is 22.7 Å². The van der Waals surface area contributed by atoms with E-state index in [1.54, 1.807) is 29.2 Å². The van der Waals surface area contributed by atoms with Gasteiger partial charge in [-0.25, -0.2) is 8.42 Å². The van der Waals surface area contributed by atoms with Crippen molar-refractivity contribution in [1.29, 1.82) is 0 Å². The fourth-order valence-corrected chi connectivity index (χ4v) is 5.92. The number of ether oxygens (including phenoxy) is 2. The molecule has 2 aliphatic heterocycles. The summed E-state index contributed by atoms with van der Waals surface area (Å²) in [5.41, 5.74) is 2.11. The normalized spacial score (nSPS) is 17.1. The van der Waals surface area contributed by atoms with Crippen molar-refractivity contribution in [1.82, 2.24) is 9.21 Å². The average molecular weight is 491 g/mol. The number of rotatable bonds is 6. The number of hydrogen-bond acceptors (Lipinski definition) is 5. The van der Waals surface area contributed by atoms with Crippen LogP contribution in [0.4, 0.5) is 0 Å². The summed E-state index contributed by atoms with van der Waals surface area (Å²) in [6.45, 7) is 1.79. The molecule has 8 heteroatoms. The van der Waals surface area contributed by atoms with Gasteiger partial charge in [-0.2, -0.15) is 0 Å². The summed E-state index contributed by atoms with van der Waals surface area (Å²) in [4.78, 5) is 15.7. The Hall–Kier alpha value is -3.62. The summed E-state index contributed by atoms with van der Waals surface area (Å²) in [6.07, 6.45) is 0. The predicted molar refractivity (Wildman–Crippen MR) is 131 cm³/mol. The summed E-state index contributed by atoms with van der Waals surface area (Å²) in [5.74, 6) is -0.114. The van der Waals surface area contributed by atoms with Gasteiger partial charge in [0.2, 0.25) is 0 Å². The molecule has 0 atom stereocenters. The predicted octanol–water partition coefficient (Wildman–Crippen LogP) is 3.64. The number of hydrogen-bond donors (Lipinski definition) is 0. The number of sulfonamides is 1. The molecule has 1 fully saturated rings. The van der Waals surface area contributed by atoms with Gasteiger partial charge in [0.25, 0.3) is 15.9 Å². The van der Waals surface area contributed by atoms with E-state index >= 15 is 0 Å². The van der Waals surface area contributed by atoms with E-state index in [1.807, 2.05) is 60.7 Å². The molecule has 0 N–H and O–H groups in total. The molecule has 0 aromatic heterocycles. The highest BCUT2D eigenvalue weighted by atomic mass is 32.2. The first kappa shape index (κ1) is 23.1. The van der Waals surface area contributed by atoms with E-state index in [0.717, 1.165) is 11.1 Å². The first-order valence-corrected chi connectivity index (χ1v) is 12.9. The number of amides is 1. The monoisotopic (exact) mass is 490 g/mol. The van der Waals surface area contributed by atoms with Crippen LogP contribution in [0.5, 0.6) is 0 Å². The van der Waals surface area contributed by atoms with E-state index in [1.165, 1.54) is 4.31 Å². The molecule has 0 aliphatic carbocycles. The van der Waals surface area contributed by atoms with Crippen molar-refractivity contribution in [2.75, 3.05) is 26.3 Å². The second kappa shape index (κ2) is 9.93. The Morgan fingerprint density at radius 1 is 0.829 bits per heavy atom. The number of morpholine rings is 1. The molecule has 0 saturated carbocycles. The van der Waals surface area contributed by atoms with Crippen LogP contribution in [0.2, 0.25) is 0 Å². The van der Waals surface area contributed by atoms with Gasteiger partial charge in [0.15, 0.2) is 11.5 Å². The number of fused-ring (bicyclic) bond motifs is 1. The van der Waals surface area contributed by atoms with Crippen LogP contribution in [0.25, 0.3) is 5.76 Å². The molecular formula is C27H26N2O5S. The minimum atomic E-state index is -4.01. The molecule has 1 saturated heterocycles. The van der Waals surface area contributed by atoms with Crippen LogP contribution in [-0.2, 0) is 37.4 Å². The molecule has 35 heavy (non-hydrogen) atoms. The summed E-state index contributed by atoms with van der Waals surface area (Å²) < 4.78 is 40.6. The Morgan fingerprint density at radius 2 is 1.43 bits per heavy atom. The lowest BCUT2D eigenvalue weighted by molar-refractivity contribution is -0.132. The number of carbonyl (C=O) groups is 1.